The Bertz CT molecular complexity index is 786. The molecular weight excluding hydrogens is 294 g/mol. The summed E-state index contributed by atoms with van der Waals surface area (Å²) in [6.45, 7) is 11.1. The Balaban J connectivity index is 2.09. The highest BCUT2D eigenvalue weighted by molar-refractivity contribution is 7.18. The number of rotatable bonds is 6. The predicted molar refractivity (Wildman–Crippen MR) is 93.3 cm³/mol. The maximum Gasteiger partial charge on any atom is 0.124 e. The van der Waals surface area contributed by atoms with Crippen LogP contribution in [0.3, 0.4) is 0 Å². The molecule has 0 amide bonds. The van der Waals surface area contributed by atoms with Crippen LogP contribution < -0.4 is 9.64 Å². The van der Waals surface area contributed by atoms with E-state index in [0.29, 0.717) is 0 Å². The number of hydrogen-bond acceptors (Lipinski definition) is 3. The summed E-state index contributed by atoms with van der Waals surface area (Å²) in [5, 5.41) is 2.33. The molecule has 3 aromatic rings. The molecule has 22 heavy (non-hydrogen) atoms. The van der Waals surface area contributed by atoms with Crippen LogP contribution in [0.4, 0.5) is 0 Å². The number of methoxy groups -OCH3 is 1. The van der Waals surface area contributed by atoms with Gasteiger partial charge in [0.05, 0.1) is 43.8 Å². The predicted octanol–water partition coefficient (Wildman–Crippen LogP) is 2.49. The van der Waals surface area contributed by atoms with Gasteiger partial charge in [-0.3, -0.25) is 0 Å². The monoisotopic (exact) mass is 318 g/mol. The summed E-state index contributed by atoms with van der Waals surface area (Å²) in [5.41, 5.74) is 2.38. The molecule has 0 aliphatic heterocycles. The summed E-state index contributed by atoms with van der Waals surface area (Å²) in [6.07, 6.45) is 0. The molecule has 0 atom stereocenters. The van der Waals surface area contributed by atoms with Crippen LogP contribution in [0.15, 0.2) is 18.2 Å². The lowest BCUT2D eigenvalue weighted by atomic mass is 10.2. The molecule has 0 saturated heterocycles. The number of fused-ring (bicyclic) bond motifs is 3. The van der Waals surface area contributed by atoms with E-state index in [1.807, 2.05) is 6.07 Å². The first-order valence-corrected chi connectivity index (χ1v) is 8.76. The molecule has 0 radical (unpaired) electrons. The zero-order valence-electron chi connectivity index (χ0n) is 13.8. The second kappa shape index (κ2) is 6.26. The molecule has 0 aliphatic carbocycles. The molecule has 118 valence electrons. The van der Waals surface area contributed by atoms with Crippen molar-refractivity contribution in [3.8, 4) is 5.75 Å². The number of hydrogen-bond donors (Lipinski definition) is 1. The van der Waals surface area contributed by atoms with Crippen LogP contribution in [0.5, 0.6) is 5.75 Å². The highest BCUT2D eigenvalue weighted by Gasteiger charge is 2.16. The Kier molecular flexibility index (Phi) is 4.36. The number of nitrogens with zero attached hydrogens (tertiary/aromatic N) is 2. The molecule has 5 heteroatoms. The van der Waals surface area contributed by atoms with Gasteiger partial charge in [-0.05, 0) is 39.0 Å². The van der Waals surface area contributed by atoms with Gasteiger partial charge in [0.25, 0.3) is 0 Å². The number of ether oxygens (including phenoxy) is 1. The van der Waals surface area contributed by atoms with E-state index in [2.05, 4.69) is 37.5 Å². The molecule has 0 fully saturated rings. The number of aromatic nitrogens is 2. The SMILES string of the molecule is CC[NH+](CC)CCn1c2ccc(OC)cc2c2nc(C)sc21. The minimum absolute atomic E-state index is 0.895. The molecule has 0 unspecified atom stereocenters. The van der Waals surface area contributed by atoms with Gasteiger partial charge in [0.2, 0.25) is 0 Å². The highest BCUT2D eigenvalue weighted by atomic mass is 32.1. The van der Waals surface area contributed by atoms with E-state index in [1.54, 1.807) is 23.3 Å². The number of likely N-dealkylation sites (N-methyl/N-ethyl adjacent to an activating group) is 1. The summed E-state index contributed by atoms with van der Waals surface area (Å²) >= 11 is 1.79. The van der Waals surface area contributed by atoms with Crippen molar-refractivity contribution in [2.75, 3.05) is 26.7 Å². The van der Waals surface area contributed by atoms with Crippen molar-refractivity contribution in [3.05, 3.63) is 23.2 Å². The van der Waals surface area contributed by atoms with Crippen LogP contribution in [0.1, 0.15) is 18.9 Å². The fourth-order valence-corrected chi connectivity index (χ4v) is 4.02. The lowest BCUT2D eigenvalue weighted by Gasteiger charge is -2.16. The number of thiazole rings is 1. The molecule has 0 aliphatic rings. The van der Waals surface area contributed by atoms with Crippen LogP contribution in [0.25, 0.3) is 21.3 Å². The topological polar surface area (TPSA) is 31.5 Å². The zero-order valence-corrected chi connectivity index (χ0v) is 14.6. The van der Waals surface area contributed by atoms with Crippen molar-refractivity contribution in [2.24, 2.45) is 0 Å². The van der Waals surface area contributed by atoms with Crippen molar-refractivity contribution in [1.82, 2.24) is 9.55 Å². The van der Waals surface area contributed by atoms with Crippen molar-refractivity contribution in [1.29, 1.82) is 0 Å². The van der Waals surface area contributed by atoms with Gasteiger partial charge >= 0.3 is 0 Å². The van der Waals surface area contributed by atoms with Crippen LogP contribution in [-0.2, 0) is 6.54 Å². The molecule has 1 aromatic carbocycles. The minimum Gasteiger partial charge on any atom is -0.497 e. The Hall–Kier alpha value is -1.59. The molecule has 4 nitrogen and oxygen atoms in total. The van der Waals surface area contributed by atoms with E-state index in [4.69, 9.17) is 9.72 Å². The van der Waals surface area contributed by atoms with Gasteiger partial charge in [0.1, 0.15) is 16.1 Å². The Labute approximate surface area is 135 Å². The third-order valence-electron chi connectivity index (χ3n) is 4.40. The van der Waals surface area contributed by atoms with Crippen molar-refractivity contribution in [2.45, 2.75) is 27.3 Å². The minimum atomic E-state index is 0.895. The Morgan fingerprint density at radius 2 is 2.05 bits per heavy atom. The van der Waals surface area contributed by atoms with Crippen LogP contribution >= 0.6 is 11.3 Å². The largest absolute Gasteiger partial charge is 0.497 e. The number of benzene rings is 1. The van der Waals surface area contributed by atoms with Gasteiger partial charge in [-0.25, -0.2) is 4.98 Å². The summed E-state index contributed by atoms with van der Waals surface area (Å²) in [4.78, 5) is 7.65. The van der Waals surface area contributed by atoms with Gasteiger partial charge in [-0.15, -0.1) is 11.3 Å². The van der Waals surface area contributed by atoms with E-state index in [1.165, 1.54) is 28.8 Å². The molecule has 2 aromatic heterocycles. The Morgan fingerprint density at radius 1 is 1.27 bits per heavy atom. The molecule has 1 N–H and O–H groups in total. The quantitative estimate of drug-likeness (QED) is 0.757. The average Bonchev–Trinajstić information content (AvgIpc) is 3.04. The Morgan fingerprint density at radius 3 is 2.73 bits per heavy atom. The van der Waals surface area contributed by atoms with Crippen LogP contribution in [0.2, 0.25) is 0 Å². The summed E-state index contributed by atoms with van der Waals surface area (Å²) in [6, 6.07) is 6.31. The molecule has 3 rings (SSSR count). The van der Waals surface area contributed by atoms with E-state index >= 15 is 0 Å². The van der Waals surface area contributed by atoms with E-state index < -0.39 is 0 Å². The third-order valence-corrected chi connectivity index (χ3v) is 5.39. The summed E-state index contributed by atoms with van der Waals surface area (Å²) < 4.78 is 7.81. The lowest BCUT2D eigenvalue weighted by Crippen LogP contribution is -3.11. The maximum atomic E-state index is 5.38. The van der Waals surface area contributed by atoms with E-state index in [-0.39, 0.29) is 0 Å². The highest BCUT2D eigenvalue weighted by Crippen LogP contribution is 2.34. The molecule has 0 saturated carbocycles. The first-order chi connectivity index (χ1) is 10.7. The van der Waals surface area contributed by atoms with Gasteiger partial charge in [0.15, 0.2) is 0 Å². The van der Waals surface area contributed by atoms with E-state index in [0.717, 1.165) is 29.4 Å². The van der Waals surface area contributed by atoms with E-state index in [9.17, 15) is 0 Å². The maximum absolute atomic E-state index is 5.38. The van der Waals surface area contributed by atoms with Crippen molar-refractivity contribution in [3.63, 3.8) is 0 Å². The van der Waals surface area contributed by atoms with Gasteiger partial charge in [-0.2, -0.15) is 0 Å². The second-order valence-corrected chi connectivity index (χ2v) is 6.81. The van der Waals surface area contributed by atoms with Gasteiger partial charge < -0.3 is 14.2 Å². The fraction of sp³-hybridized carbons (Fsp3) is 0.471. The summed E-state index contributed by atoms with van der Waals surface area (Å²) in [5.74, 6) is 0.895. The molecule has 2 heterocycles. The van der Waals surface area contributed by atoms with Gasteiger partial charge in [-0.1, -0.05) is 0 Å². The second-order valence-electron chi connectivity index (χ2n) is 5.63. The summed E-state index contributed by atoms with van der Waals surface area (Å²) in [7, 11) is 1.71. The first-order valence-electron chi connectivity index (χ1n) is 7.94. The average molecular weight is 318 g/mol. The third kappa shape index (κ3) is 2.59. The van der Waals surface area contributed by atoms with Crippen molar-refractivity contribution < 1.29 is 9.64 Å². The van der Waals surface area contributed by atoms with Gasteiger partial charge in [0, 0.05) is 5.39 Å². The van der Waals surface area contributed by atoms with Crippen LogP contribution in [-0.4, -0.2) is 36.3 Å². The van der Waals surface area contributed by atoms with Crippen molar-refractivity contribution >= 4 is 32.6 Å². The fourth-order valence-electron chi connectivity index (χ4n) is 3.05. The standard InChI is InChI=1S/C17H23N3OS/c1-5-19(6-2)9-10-20-15-8-7-13(21-4)11-14(15)16-17(20)22-12(3)18-16/h7-8,11H,5-6,9-10H2,1-4H3/p+1. The number of aryl methyl sites for hydroxylation is 1. The number of quaternary nitrogens is 1. The molecule has 0 bridgehead atoms. The normalized spacial score (nSPS) is 11.9. The number of nitrogens with one attached hydrogen (secondary N) is 1. The molecule has 0 spiro atoms. The molecular formula is C17H24N3OS+. The lowest BCUT2D eigenvalue weighted by molar-refractivity contribution is -0.897. The first kappa shape index (κ1) is 15.3. The zero-order chi connectivity index (χ0) is 15.7. The van der Waals surface area contributed by atoms with Crippen LogP contribution in [0, 0.1) is 6.92 Å². The smallest absolute Gasteiger partial charge is 0.124 e.